The van der Waals surface area contributed by atoms with Crippen molar-refractivity contribution in [3.8, 4) is 0 Å². The quantitative estimate of drug-likeness (QED) is 0.717. The number of likely N-dealkylation sites (tertiary alicyclic amines) is 1. The van der Waals surface area contributed by atoms with E-state index in [1.54, 1.807) is 0 Å². The fourth-order valence-corrected chi connectivity index (χ4v) is 4.63. The lowest BCUT2D eigenvalue weighted by atomic mass is 9.97. The smallest absolute Gasteiger partial charge is 0.281 e. The van der Waals surface area contributed by atoms with Crippen molar-refractivity contribution in [1.29, 1.82) is 0 Å². The van der Waals surface area contributed by atoms with Gasteiger partial charge in [-0.15, -0.1) is 0 Å². The first-order valence-corrected chi connectivity index (χ1v) is 10.4. The van der Waals surface area contributed by atoms with Gasteiger partial charge in [0, 0.05) is 45.7 Å². The first-order chi connectivity index (χ1) is 11.3. The Morgan fingerprint density at radius 1 is 1.17 bits per heavy atom. The van der Waals surface area contributed by atoms with Gasteiger partial charge in [0.25, 0.3) is 10.2 Å². The summed E-state index contributed by atoms with van der Waals surface area (Å²) in [6.45, 7) is 6.11. The highest BCUT2D eigenvalue weighted by Crippen LogP contribution is 2.20. The van der Waals surface area contributed by atoms with Gasteiger partial charge in [0.2, 0.25) is 5.91 Å². The fraction of sp³-hybridized carbons (Fsp3) is 0.938. The zero-order valence-electron chi connectivity index (χ0n) is 15.2. The molecule has 0 aromatic rings. The molecule has 0 saturated carbocycles. The van der Waals surface area contributed by atoms with Gasteiger partial charge >= 0.3 is 0 Å². The molecule has 2 saturated heterocycles. The Morgan fingerprint density at radius 3 is 2.29 bits per heavy atom. The Kier molecular flexibility index (Phi) is 7.03. The minimum atomic E-state index is -3.36. The highest BCUT2D eigenvalue weighted by atomic mass is 32.2. The van der Waals surface area contributed by atoms with E-state index in [9.17, 15) is 13.2 Å². The Labute approximate surface area is 146 Å². The minimum absolute atomic E-state index is 0.0688. The van der Waals surface area contributed by atoms with E-state index >= 15 is 0 Å². The molecule has 1 unspecified atom stereocenters. The molecule has 2 rings (SSSR count). The molecule has 2 aliphatic heterocycles. The van der Waals surface area contributed by atoms with Crippen LogP contribution in [0.5, 0.6) is 0 Å². The molecule has 1 amide bonds. The van der Waals surface area contributed by atoms with Crippen LogP contribution in [0.2, 0.25) is 0 Å². The van der Waals surface area contributed by atoms with Crippen LogP contribution in [0.25, 0.3) is 0 Å². The van der Waals surface area contributed by atoms with Crippen molar-refractivity contribution in [2.24, 2.45) is 5.92 Å². The summed E-state index contributed by atoms with van der Waals surface area (Å²) in [5.74, 6) is 0.00577. The van der Waals surface area contributed by atoms with E-state index in [0.29, 0.717) is 38.5 Å². The van der Waals surface area contributed by atoms with Gasteiger partial charge in [0.05, 0.1) is 0 Å². The predicted octanol–water partition coefficient (Wildman–Crippen LogP) is 0.495. The highest BCUT2D eigenvalue weighted by Gasteiger charge is 2.32. The molecule has 1 atom stereocenters. The number of hydrogen-bond donors (Lipinski definition) is 1. The lowest BCUT2D eigenvalue weighted by Gasteiger charge is -2.32. The molecular weight excluding hydrogens is 328 g/mol. The van der Waals surface area contributed by atoms with Crippen molar-refractivity contribution in [1.82, 2.24) is 18.8 Å². The first-order valence-electron chi connectivity index (χ1n) is 9.01. The number of nitrogens with one attached hydrogen (secondary N) is 1. The van der Waals surface area contributed by atoms with E-state index in [1.807, 2.05) is 0 Å². The van der Waals surface area contributed by atoms with Crippen LogP contribution in [0.4, 0.5) is 0 Å². The van der Waals surface area contributed by atoms with Gasteiger partial charge in [-0.25, -0.2) is 0 Å². The largest absolute Gasteiger partial charge is 0.356 e. The van der Waals surface area contributed by atoms with Crippen molar-refractivity contribution >= 4 is 16.1 Å². The molecule has 0 aromatic carbocycles. The molecule has 8 heteroatoms. The van der Waals surface area contributed by atoms with Gasteiger partial charge in [-0.1, -0.05) is 0 Å². The normalized spacial score (nSPS) is 22.8. The van der Waals surface area contributed by atoms with Crippen LogP contribution >= 0.6 is 0 Å². The Balaban J connectivity index is 1.69. The standard InChI is InChI=1S/C16H32N4O3S/c1-14(19-10-4-5-11-19)6-9-17-16(21)15-7-12-20(13-8-15)24(22,23)18(2)3/h14-15H,4-13H2,1-3H3,(H,17,21). The molecule has 0 spiro atoms. The monoisotopic (exact) mass is 360 g/mol. The molecule has 0 aliphatic carbocycles. The molecule has 24 heavy (non-hydrogen) atoms. The van der Waals surface area contributed by atoms with Gasteiger partial charge < -0.3 is 10.2 Å². The minimum Gasteiger partial charge on any atom is -0.356 e. The summed E-state index contributed by atoms with van der Waals surface area (Å²) >= 11 is 0. The summed E-state index contributed by atoms with van der Waals surface area (Å²) < 4.78 is 26.9. The van der Waals surface area contributed by atoms with E-state index in [0.717, 1.165) is 6.42 Å². The van der Waals surface area contributed by atoms with Crippen molar-refractivity contribution in [2.45, 2.75) is 45.1 Å². The van der Waals surface area contributed by atoms with E-state index in [1.165, 1.54) is 48.6 Å². The van der Waals surface area contributed by atoms with Crippen LogP contribution in [0.1, 0.15) is 39.0 Å². The fourth-order valence-electron chi connectivity index (χ4n) is 3.49. The first kappa shape index (κ1) is 19.6. The zero-order chi connectivity index (χ0) is 17.7. The maximum atomic E-state index is 12.3. The van der Waals surface area contributed by atoms with Crippen molar-refractivity contribution < 1.29 is 13.2 Å². The SMILES string of the molecule is CC(CCNC(=O)C1CCN(S(=O)(=O)N(C)C)CC1)N1CCCC1. The van der Waals surface area contributed by atoms with Crippen molar-refractivity contribution in [2.75, 3.05) is 46.8 Å². The van der Waals surface area contributed by atoms with E-state index < -0.39 is 10.2 Å². The average molecular weight is 361 g/mol. The third-order valence-electron chi connectivity index (χ3n) is 5.24. The summed E-state index contributed by atoms with van der Waals surface area (Å²) in [6, 6.07) is 0.514. The van der Waals surface area contributed by atoms with Crippen LogP contribution in [0.15, 0.2) is 0 Å². The van der Waals surface area contributed by atoms with Gasteiger partial charge in [0.15, 0.2) is 0 Å². The molecule has 2 heterocycles. The van der Waals surface area contributed by atoms with Gasteiger partial charge in [-0.2, -0.15) is 17.0 Å². The second-order valence-corrected chi connectivity index (χ2v) is 9.28. The van der Waals surface area contributed by atoms with Crippen LogP contribution in [0, 0.1) is 5.92 Å². The van der Waals surface area contributed by atoms with E-state index in [-0.39, 0.29) is 11.8 Å². The molecule has 7 nitrogen and oxygen atoms in total. The molecule has 0 bridgehead atoms. The summed E-state index contributed by atoms with van der Waals surface area (Å²) in [6.07, 6.45) is 4.73. The lowest BCUT2D eigenvalue weighted by molar-refractivity contribution is -0.126. The van der Waals surface area contributed by atoms with Crippen molar-refractivity contribution in [3.05, 3.63) is 0 Å². The molecule has 0 radical (unpaired) electrons. The number of amides is 1. The number of rotatable bonds is 7. The van der Waals surface area contributed by atoms with Crippen LogP contribution in [0.3, 0.4) is 0 Å². The summed E-state index contributed by atoms with van der Waals surface area (Å²) in [5.41, 5.74) is 0. The van der Waals surface area contributed by atoms with Gasteiger partial charge in [-0.05, 0) is 52.1 Å². The second-order valence-electron chi connectivity index (χ2n) is 7.14. The Morgan fingerprint density at radius 2 is 1.75 bits per heavy atom. The number of carbonyl (C=O) groups is 1. The van der Waals surface area contributed by atoms with Crippen molar-refractivity contribution in [3.63, 3.8) is 0 Å². The van der Waals surface area contributed by atoms with Crippen LogP contribution < -0.4 is 5.32 Å². The molecule has 2 aliphatic rings. The lowest BCUT2D eigenvalue weighted by Crippen LogP contribution is -2.47. The maximum absolute atomic E-state index is 12.3. The molecule has 2 fully saturated rings. The second kappa shape index (κ2) is 8.60. The molecule has 0 aromatic heterocycles. The molecule has 1 N–H and O–H groups in total. The zero-order valence-corrected chi connectivity index (χ0v) is 16.0. The summed E-state index contributed by atoms with van der Waals surface area (Å²) in [5, 5.41) is 3.04. The van der Waals surface area contributed by atoms with Crippen LogP contribution in [-0.4, -0.2) is 80.7 Å². The maximum Gasteiger partial charge on any atom is 0.281 e. The van der Waals surface area contributed by atoms with Gasteiger partial charge in [-0.3, -0.25) is 4.79 Å². The van der Waals surface area contributed by atoms with Crippen LogP contribution in [-0.2, 0) is 15.0 Å². The number of hydrogen-bond acceptors (Lipinski definition) is 4. The third kappa shape index (κ3) is 4.91. The van der Waals surface area contributed by atoms with E-state index in [2.05, 4.69) is 17.1 Å². The number of carbonyl (C=O) groups excluding carboxylic acids is 1. The number of piperidine rings is 1. The average Bonchev–Trinajstić information content (AvgIpc) is 3.09. The van der Waals surface area contributed by atoms with Gasteiger partial charge in [0.1, 0.15) is 0 Å². The topological polar surface area (TPSA) is 73.0 Å². The molecule has 140 valence electrons. The summed E-state index contributed by atoms with van der Waals surface area (Å²) in [4.78, 5) is 14.8. The van der Waals surface area contributed by atoms with E-state index in [4.69, 9.17) is 0 Å². The predicted molar refractivity (Wildman–Crippen MR) is 94.8 cm³/mol. The summed E-state index contributed by atoms with van der Waals surface area (Å²) in [7, 11) is -0.283. The molecular formula is C16H32N4O3S. The number of nitrogens with zero attached hydrogens (tertiary/aromatic N) is 3. The highest BCUT2D eigenvalue weighted by molar-refractivity contribution is 7.86. The third-order valence-corrected chi connectivity index (χ3v) is 7.18. The Bertz CT molecular complexity index is 509. The Hall–Kier alpha value is -0.700.